The summed E-state index contributed by atoms with van der Waals surface area (Å²) in [5.74, 6) is 0.929. The highest BCUT2D eigenvalue weighted by Crippen LogP contribution is 2.37. The molecule has 0 radical (unpaired) electrons. The number of rotatable bonds is 6. The van der Waals surface area contributed by atoms with Crippen LogP contribution < -0.4 is 4.52 Å². The van der Waals surface area contributed by atoms with Crippen molar-refractivity contribution in [1.82, 2.24) is 0 Å². The van der Waals surface area contributed by atoms with Crippen LogP contribution in [0.15, 0.2) is 79.6 Å². The van der Waals surface area contributed by atoms with Gasteiger partial charge in [-0.25, -0.2) is 4.57 Å². The van der Waals surface area contributed by atoms with Crippen molar-refractivity contribution in [2.24, 2.45) is 0 Å². The van der Waals surface area contributed by atoms with Crippen molar-refractivity contribution in [1.29, 1.82) is 0 Å². The fourth-order valence-corrected chi connectivity index (χ4v) is 3.18. The summed E-state index contributed by atoms with van der Waals surface area (Å²) >= 11 is 0. The smallest absolute Gasteiger partial charge is 0.418 e. The summed E-state index contributed by atoms with van der Waals surface area (Å²) < 4.78 is 22.8. The molecule has 3 rings (SSSR count). The lowest BCUT2D eigenvalue weighted by Gasteiger charge is -2.11. The van der Waals surface area contributed by atoms with Gasteiger partial charge >= 0.3 is 8.25 Å². The predicted molar refractivity (Wildman–Crippen MR) is 96.1 cm³/mol. The molecule has 0 saturated heterocycles. The van der Waals surface area contributed by atoms with Crippen LogP contribution in [-0.4, -0.2) is 0 Å². The van der Waals surface area contributed by atoms with Gasteiger partial charge in [-0.1, -0.05) is 49.1 Å². The molecule has 0 aromatic heterocycles. The highest BCUT2D eigenvalue weighted by Gasteiger charge is 2.09. The molecular formula is C19H17O3P. The molecule has 1 unspecified atom stereocenters. The summed E-state index contributed by atoms with van der Waals surface area (Å²) in [6, 6.07) is 17.9. The van der Waals surface area contributed by atoms with Gasteiger partial charge in [0.25, 0.3) is 0 Å². The van der Waals surface area contributed by atoms with Crippen molar-refractivity contribution in [3.8, 4) is 5.75 Å². The van der Waals surface area contributed by atoms with E-state index in [0.29, 0.717) is 17.9 Å². The molecule has 23 heavy (non-hydrogen) atoms. The summed E-state index contributed by atoms with van der Waals surface area (Å²) in [5.41, 5.74) is 0. The quantitative estimate of drug-likeness (QED) is 0.246. The first kappa shape index (κ1) is 15.4. The molecule has 0 heterocycles. The number of fused-ring (bicyclic) bond motifs is 2. The highest BCUT2D eigenvalue weighted by molar-refractivity contribution is 7.34. The normalized spacial score (nSPS) is 12.0. The van der Waals surface area contributed by atoms with Crippen LogP contribution in [-0.2, 0) is 9.09 Å². The van der Waals surface area contributed by atoms with E-state index in [9.17, 15) is 4.57 Å². The number of benzene rings is 3. The average molecular weight is 324 g/mol. The van der Waals surface area contributed by atoms with Crippen LogP contribution >= 0.6 is 8.25 Å². The van der Waals surface area contributed by atoms with Gasteiger partial charge in [-0.05, 0) is 34.4 Å². The van der Waals surface area contributed by atoms with E-state index in [2.05, 4.69) is 25.3 Å². The molecule has 4 heteroatoms. The Hall–Kier alpha value is -2.51. The molecule has 3 aromatic carbocycles. The summed E-state index contributed by atoms with van der Waals surface area (Å²) in [7, 11) is -2.70. The zero-order chi connectivity index (χ0) is 16.2. The molecule has 0 spiro atoms. The van der Waals surface area contributed by atoms with Gasteiger partial charge in [0, 0.05) is 11.8 Å². The zero-order valence-electron chi connectivity index (χ0n) is 12.6. The Balaban J connectivity index is 1.94. The molecule has 0 aliphatic carbocycles. The summed E-state index contributed by atoms with van der Waals surface area (Å²) in [5, 5.41) is 4.19. The van der Waals surface area contributed by atoms with E-state index in [-0.39, 0.29) is 0 Å². The second-order valence-electron chi connectivity index (χ2n) is 5.16. The van der Waals surface area contributed by atoms with Gasteiger partial charge in [0.05, 0.1) is 0 Å². The molecule has 0 amide bonds. The maximum Gasteiger partial charge on any atom is 0.418 e. The van der Waals surface area contributed by atoms with Gasteiger partial charge in [0.2, 0.25) is 0 Å². The average Bonchev–Trinajstić information content (AvgIpc) is 2.53. The fourth-order valence-electron chi connectivity index (χ4n) is 2.46. The van der Waals surface area contributed by atoms with Crippen molar-refractivity contribution >= 4 is 29.8 Å². The van der Waals surface area contributed by atoms with E-state index >= 15 is 0 Å². The predicted octanol–water partition coefficient (Wildman–Crippen LogP) is 5.87. The molecule has 0 bridgehead atoms. The lowest BCUT2D eigenvalue weighted by Crippen LogP contribution is -1.88. The molecule has 3 nitrogen and oxygen atoms in total. The molecule has 3 aromatic rings. The third-order valence-electron chi connectivity index (χ3n) is 3.50. The van der Waals surface area contributed by atoms with Crippen LogP contribution in [0.25, 0.3) is 21.5 Å². The highest BCUT2D eigenvalue weighted by atomic mass is 31.1. The van der Waals surface area contributed by atoms with Gasteiger partial charge in [-0.15, -0.1) is 6.58 Å². The second kappa shape index (κ2) is 6.72. The van der Waals surface area contributed by atoms with Crippen molar-refractivity contribution in [2.45, 2.75) is 6.42 Å². The zero-order valence-corrected chi connectivity index (χ0v) is 13.6. The third kappa shape index (κ3) is 3.46. The van der Waals surface area contributed by atoms with Crippen LogP contribution in [0.3, 0.4) is 0 Å². The Labute approximate surface area is 135 Å². The first-order chi connectivity index (χ1) is 11.2. The lowest BCUT2D eigenvalue weighted by atomic mass is 10.0. The molecule has 0 fully saturated rings. The van der Waals surface area contributed by atoms with Gasteiger partial charge < -0.3 is 9.05 Å². The molecule has 116 valence electrons. The lowest BCUT2D eigenvalue weighted by molar-refractivity contribution is 0.354. The van der Waals surface area contributed by atoms with E-state index in [1.54, 1.807) is 12.1 Å². The van der Waals surface area contributed by atoms with E-state index in [0.717, 1.165) is 21.5 Å². The Morgan fingerprint density at radius 1 is 1.04 bits per heavy atom. The van der Waals surface area contributed by atoms with Gasteiger partial charge in [-0.2, -0.15) is 0 Å². The van der Waals surface area contributed by atoms with Crippen LogP contribution in [0.4, 0.5) is 0 Å². The van der Waals surface area contributed by atoms with Crippen molar-refractivity contribution in [3.63, 3.8) is 0 Å². The van der Waals surface area contributed by atoms with E-state index in [4.69, 9.17) is 9.05 Å². The first-order valence-electron chi connectivity index (χ1n) is 7.27. The standard InChI is InChI=1S/C19H17O3P/c1-3-7-14(2)21-23(20)22-19-11-6-10-17-12-15-8-4-5-9-16(15)13-18(17)19/h3-6,8-13,23H,1-2,7H2. The van der Waals surface area contributed by atoms with Gasteiger partial charge in [-0.3, -0.25) is 0 Å². The molecular weight excluding hydrogens is 307 g/mol. The van der Waals surface area contributed by atoms with Crippen molar-refractivity contribution < 1.29 is 13.6 Å². The summed E-state index contributed by atoms with van der Waals surface area (Å²) in [6.45, 7) is 7.27. The van der Waals surface area contributed by atoms with E-state index in [1.807, 2.05) is 36.4 Å². The molecule has 0 aliphatic heterocycles. The molecule has 0 saturated carbocycles. The number of allylic oxidation sites excluding steroid dienone is 1. The Kier molecular flexibility index (Phi) is 4.50. The summed E-state index contributed by atoms with van der Waals surface area (Å²) in [4.78, 5) is 0. The third-order valence-corrected chi connectivity index (χ3v) is 4.34. The number of hydrogen-bond acceptors (Lipinski definition) is 3. The SMILES string of the molecule is C=CCC(=C)O[PH](=O)Oc1cccc2cc3ccccc3cc12. The Bertz CT molecular complexity index is 915. The largest absolute Gasteiger partial charge is 0.423 e. The van der Waals surface area contributed by atoms with Gasteiger partial charge in [0.1, 0.15) is 11.5 Å². The Morgan fingerprint density at radius 3 is 2.48 bits per heavy atom. The number of hydrogen-bond donors (Lipinski definition) is 0. The minimum atomic E-state index is -2.70. The maximum atomic E-state index is 12.1. The minimum absolute atomic E-state index is 0.384. The van der Waals surface area contributed by atoms with Crippen LogP contribution in [0.1, 0.15) is 6.42 Å². The van der Waals surface area contributed by atoms with Crippen LogP contribution in [0.2, 0.25) is 0 Å². The molecule has 1 atom stereocenters. The van der Waals surface area contributed by atoms with Crippen molar-refractivity contribution in [2.75, 3.05) is 0 Å². The molecule has 0 aliphatic rings. The first-order valence-corrected chi connectivity index (χ1v) is 8.50. The van der Waals surface area contributed by atoms with Crippen LogP contribution in [0.5, 0.6) is 5.75 Å². The Morgan fingerprint density at radius 2 is 1.74 bits per heavy atom. The molecule has 0 N–H and O–H groups in total. The fraction of sp³-hybridized carbons (Fsp3) is 0.0526. The van der Waals surface area contributed by atoms with Gasteiger partial charge in [0.15, 0.2) is 0 Å². The second-order valence-corrected chi connectivity index (χ2v) is 6.07. The summed E-state index contributed by atoms with van der Waals surface area (Å²) in [6.07, 6.45) is 2.08. The van der Waals surface area contributed by atoms with E-state index < -0.39 is 8.25 Å². The van der Waals surface area contributed by atoms with E-state index in [1.165, 1.54) is 0 Å². The monoisotopic (exact) mass is 324 g/mol. The van der Waals surface area contributed by atoms with Crippen molar-refractivity contribution in [3.05, 3.63) is 79.6 Å². The van der Waals surface area contributed by atoms with Crippen LogP contribution in [0, 0.1) is 0 Å². The topological polar surface area (TPSA) is 35.5 Å². The maximum absolute atomic E-state index is 12.1. The minimum Gasteiger partial charge on any atom is -0.423 e.